The number of aliphatic imine (C=N–C) groups is 1. The van der Waals surface area contributed by atoms with Crippen LogP contribution in [0.5, 0.6) is 0 Å². The van der Waals surface area contributed by atoms with Crippen molar-refractivity contribution in [3.05, 3.63) is 124 Å². The number of ether oxygens (including phenoxy) is 2. The fourth-order valence-corrected chi connectivity index (χ4v) is 5.52. The Kier molecular flexibility index (Phi) is 8.30. The van der Waals surface area contributed by atoms with Crippen molar-refractivity contribution in [3.8, 4) is 22.3 Å². The third-order valence-corrected chi connectivity index (χ3v) is 7.58. The van der Waals surface area contributed by atoms with Gasteiger partial charge in [0.1, 0.15) is 0 Å². The molecule has 43 heavy (non-hydrogen) atoms. The van der Waals surface area contributed by atoms with Crippen LogP contribution in [0.25, 0.3) is 27.8 Å². The number of esters is 2. The summed E-state index contributed by atoms with van der Waals surface area (Å²) in [5.41, 5.74) is 11.1. The minimum Gasteiger partial charge on any atom is -0.465 e. The Morgan fingerprint density at radius 3 is 1.65 bits per heavy atom. The molecule has 0 saturated heterocycles. The molecule has 0 saturated carbocycles. The van der Waals surface area contributed by atoms with Crippen LogP contribution in [-0.2, 0) is 9.47 Å². The molecule has 1 radical (unpaired) electrons. The van der Waals surface area contributed by atoms with E-state index >= 15 is 0 Å². The minimum absolute atomic E-state index is 0.412. The van der Waals surface area contributed by atoms with Crippen molar-refractivity contribution in [2.75, 3.05) is 14.2 Å². The number of benzene rings is 3. The summed E-state index contributed by atoms with van der Waals surface area (Å²) in [6.07, 6.45) is 2.02. The van der Waals surface area contributed by atoms with Crippen molar-refractivity contribution in [1.82, 2.24) is 4.48 Å². The van der Waals surface area contributed by atoms with Crippen LogP contribution >= 0.6 is 0 Å². The van der Waals surface area contributed by atoms with E-state index in [1.807, 2.05) is 64.1 Å². The Balaban J connectivity index is 1.79. The lowest BCUT2D eigenvalue weighted by Gasteiger charge is -2.18. The monoisotopic (exact) mass is 573 g/mol. The van der Waals surface area contributed by atoms with E-state index in [2.05, 4.69) is 18.2 Å². The highest BCUT2D eigenvalue weighted by Gasteiger charge is 2.24. The molecule has 0 bridgehead atoms. The predicted molar refractivity (Wildman–Crippen MR) is 169 cm³/mol. The minimum atomic E-state index is -0.412. The Morgan fingerprint density at radius 1 is 0.721 bits per heavy atom. The van der Waals surface area contributed by atoms with Crippen LogP contribution in [0.2, 0.25) is 0 Å². The van der Waals surface area contributed by atoms with Crippen molar-refractivity contribution in [3.63, 3.8) is 0 Å². The van der Waals surface area contributed by atoms with Crippen LogP contribution in [0.4, 0.5) is 4.32 Å². The van der Waals surface area contributed by atoms with Crippen molar-refractivity contribution in [1.29, 1.82) is 0 Å². The highest BCUT2D eigenvalue weighted by molar-refractivity contribution is 6.25. The number of aromatic nitrogens is 1. The number of carbonyl (C=O) groups excluding carboxylic acids is 2. The van der Waals surface area contributed by atoms with Gasteiger partial charge in [0, 0.05) is 22.7 Å². The Hall–Kier alpha value is -4.98. The summed E-state index contributed by atoms with van der Waals surface area (Å²) in [7, 11) is 3.29. The summed E-state index contributed by atoms with van der Waals surface area (Å²) >= 11 is 0. The van der Waals surface area contributed by atoms with Gasteiger partial charge < -0.3 is 18.3 Å². The first-order valence-corrected chi connectivity index (χ1v) is 13.8. The van der Waals surface area contributed by atoms with E-state index < -0.39 is 11.9 Å². The molecular formula is C35H31BFN2O4. The molecule has 0 unspecified atom stereocenters. The maximum atomic E-state index is 14.4. The molecule has 5 rings (SSSR count). The standard InChI is InChI=1S/C35H31BFN2O4/c1-20-15-22(3)38-32(20)31(33-21(2)16-23(4)39(33)36-37)30-18-28(24-7-11-26(12-8-24)34(40)42-5)17-29(19-30)25-9-13-27(14-10-25)35(41)43-6/h7-19H,1-6H3/b32-31-. The van der Waals surface area contributed by atoms with Gasteiger partial charge in [-0.1, -0.05) is 24.3 Å². The molecule has 0 atom stereocenters. The second kappa shape index (κ2) is 12.1. The zero-order valence-corrected chi connectivity index (χ0v) is 25.0. The zero-order chi connectivity index (χ0) is 30.8. The highest BCUT2D eigenvalue weighted by Crippen LogP contribution is 2.40. The average Bonchev–Trinajstić information content (AvgIpc) is 3.51. The van der Waals surface area contributed by atoms with Crippen molar-refractivity contribution >= 4 is 30.9 Å². The van der Waals surface area contributed by atoms with Gasteiger partial charge in [0.15, 0.2) is 0 Å². The number of carbonyl (C=O) groups is 2. The number of methoxy groups -OCH3 is 2. The molecule has 0 aliphatic carbocycles. The van der Waals surface area contributed by atoms with Crippen molar-refractivity contribution in [2.45, 2.75) is 27.7 Å². The van der Waals surface area contributed by atoms with Crippen LogP contribution in [0.15, 0.2) is 95.1 Å². The SMILES string of the molecule is COC(=O)c1ccc(-c2cc(/C(=C3/N=C(C)C=C3C)c3c(C)cc(C)n3[B]F)cc(-c3ccc(C(=O)OC)cc3)c2)cc1. The molecular weight excluding hydrogens is 542 g/mol. The number of hydrogen-bond donors (Lipinski definition) is 0. The van der Waals surface area contributed by atoms with Gasteiger partial charge in [-0.15, -0.1) is 0 Å². The van der Waals surface area contributed by atoms with E-state index in [4.69, 9.17) is 14.5 Å². The van der Waals surface area contributed by atoms with Gasteiger partial charge in [-0.25, -0.2) is 9.59 Å². The molecule has 1 aliphatic rings. The number of rotatable bonds is 7. The smallest absolute Gasteiger partial charge is 0.465 e. The van der Waals surface area contributed by atoms with Crippen molar-refractivity contribution < 1.29 is 23.4 Å². The van der Waals surface area contributed by atoms with Crippen LogP contribution in [-0.4, -0.2) is 44.0 Å². The molecule has 2 heterocycles. The molecule has 0 amide bonds. The number of hydrogen-bond acceptors (Lipinski definition) is 5. The number of allylic oxidation sites excluding steroid dienone is 2. The summed E-state index contributed by atoms with van der Waals surface area (Å²) in [4.78, 5) is 29.0. The summed E-state index contributed by atoms with van der Waals surface area (Å²) in [5.74, 6) is -0.825. The quantitative estimate of drug-likeness (QED) is 0.169. The van der Waals surface area contributed by atoms with Gasteiger partial charge in [0.05, 0.1) is 31.0 Å². The Labute approximate surface area is 251 Å². The summed E-state index contributed by atoms with van der Waals surface area (Å²) in [6.45, 7) is 7.79. The number of nitrogens with zero attached hydrogens (tertiary/aromatic N) is 2. The van der Waals surface area contributed by atoms with Gasteiger partial charge in [0.2, 0.25) is 0 Å². The lowest BCUT2D eigenvalue weighted by Crippen LogP contribution is -2.10. The Bertz CT molecular complexity index is 1750. The fourth-order valence-electron chi connectivity index (χ4n) is 5.52. The molecule has 215 valence electrons. The topological polar surface area (TPSA) is 69.9 Å². The third kappa shape index (κ3) is 5.73. The molecule has 6 nitrogen and oxygen atoms in total. The second-order valence-electron chi connectivity index (χ2n) is 10.5. The molecule has 0 fully saturated rings. The van der Waals surface area contributed by atoms with Gasteiger partial charge in [-0.05, 0) is 121 Å². The molecule has 0 spiro atoms. The molecule has 3 aromatic carbocycles. The van der Waals surface area contributed by atoms with E-state index in [0.29, 0.717) is 24.5 Å². The zero-order valence-electron chi connectivity index (χ0n) is 25.0. The van der Waals surface area contributed by atoms with Crippen LogP contribution in [0.3, 0.4) is 0 Å². The van der Waals surface area contributed by atoms with Crippen LogP contribution in [0, 0.1) is 13.8 Å². The van der Waals surface area contributed by atoms with E-state index in [1.165, 1.54) is 14.2 Å². The van der Waals surface area contributed by atoms with E-state index in [0.717, 1.165) is 61.6 Å². The highest BCUT2D eigenvalue weighted by atomic mass is 19.1. The number of aryl methyl sites for hydroxylation is 2. The van der Waals surface area contributed by atoms with Gasteiger partial charge in [-0.2, -0.15) is 0 Å². The first-order valence-electron chi connectivity index (χ1n) is 13.8. The summed E-state index contributed by atoms with van der Waals surface area (Å²) in [5, 5.41) is 0. The van der Waals surface area contributed by atoms with E-state index in [-0.39, 0.29) is 0 Å². The summed E-state index contributed by atoms with van der Waals surface area (Å²) in [6, 6.07) is 22.5. The molecule has 4 aromatic rings. The van der Waals surface area contributed by atoms with Crippen LogP contribution < -0.4 is 0 Å². The third-order valence-electron chi connectivity index (χ3n) is 7.58. The average molecular weight is 573 g/mol. The second-order valence-corrected chi connectivity index (χ2v) is 10.5. The normalized spacial score (nSPS) is 13.7. The first-order chi connectivity index (χ1) is 20.6. The number of halogens is 1. The van der Waals surface area contributed by atoms with Crippen LogP contribution in [0.1, 0.15) is 57.1 Å². The van der Waals surface area contributed by atoms with Crippen molar-refractivity contribution in [2.24, 2.45) is 4.99 Å². The largest absolute Gasteiger partial charge is 0.495 e. The lowest BCUT2D eigenvalue weighted by atomic mass is 9.89. The molecule has 1 aromatic heterocycles. The lowest BCUT2D eigenvalue weighted by molar-refractivity contribution is 0.0592. The van der Waals surface area contributed by atoms with E-state index in [9.17, 15) is 13.9 Å². The van der Waals surface area contributed by atoms with Gasteiger partial charge in [-0.3, -0.25) is 4.99 Å². The first kappa shape index (κ1) is 29.5. The summed E-state index contributed by atoms with van der Waals surface area (Å²) < 4.78 is 25.7. The maximum Gasteiger partial charge on any atom is 0.495 e. The fraction of sp³-hybridized carbons (Fsp3) is 0.171. The van der Waals surface area contributed by atoms with Gasteiger partial charge >= 0.3 is 19.6 Å². The van der Waals surface area contributed by atoms with Gasteiger partial charge in [0.25, 0.3) is 0 Å². The predicted octanol–water partition coefficient (Wildman–Crippen LogP) is 7.54. The van der Waals surface area contributed by atoms with E-state index in [1.54, 1.807) is 28.7 Å². The molecule has 8 heteroatoms. The maximum absolute atomic E-state index is 14.4. The molecule has 1 aliphatic heterocycles. The Morgan fingerprint density at radius 2 is 1.23 bits per heavy atom. The molecule has 0 N–H and O–H groups in total.